The lowest BCUT2D eigenvalue weighted by atomic mass is 9.96. The van der Waals surface area contributed by atoms with Crippen LogP contribution in [-0.2, 0) is 0 Å². The van der Waals surface area contributed by atoms with Crippen LogP contribution in [0.5, 0.6) is 0 Å². The molecule has 2 rings (SSSR count). The topological polar surface area (TPSA) is 20.2 Å². The summed E-state index contributed by atoms with van der Waals surface area (Å²) in [5.41, 5.74) is 0.422. The lowest BCUT2D eigenvalue weighted by Gasteiger charge is -2.37. The highest BCUT2D eigenvalue weighted by Crippen LogP contribution is 2.42. The molecule has 0 bridgehead atoms. The number of aliphatic hydroxyl groups excluding tert-OH is 1. The van der Waals surface area contributed by atoms with Crippen molar-refractivity contribution in [3.63, 3.8) is 0 Å². The normalized spacial score (nSPS) is 20.6. The second-order valence-electron chi connectivity index (χ2n) is 6.54. The fraction of sp³-hybridized carbons (Fsp3) is 0.529. The van der Waals surface area contributed by atoms with Gasteiger partial charge >= 0.3 is 0 Å². The summed E-state index contributed by atoms with van der Waals surface area (Å²) >= 11 is 0. The largest absolute Gasteiger partial charge is 0.393 e. The Morgan fingerprint density at radius 1 is 1.26 bits per heavy atom. The predicted octanol–water partition coefficient (Wildman–Crippen LogP) is 3.57. The Kier molecular flexibility index (Phi) is 4.31. The molecule has 2 heteroatoms. The monoisotopic (exact) mass is 274 g/mol. The minimum Gasteiger partial charge on any atom is -0.393 e. The number of benzene rings is 1. The quantitative estimate of drug-likeness (QED) is 0.621. The SMILES string of the molecule is C=CC(C(C)C(O)C1CC1)[Si](C)(C)c1ccccc1. The van der Waals surface area contributed by atoms with Gasteiger partial charge in [0, 0.05) is 0 Å². The molecule has 0 radical (unpaired) electrons. The molecule has 104 valence electrons. The molecule has 3 atom stereocenters. The van der Waals surface area contributed by atoms with E-state index in [1.165, 1.54) is 18.0 Å². The molecule has 1 aromatic carbocycles. The van der Waals surface area contributed by atoms with Gasteiger partial charge in [0.15, 0.2) is 0 Å². The van der Waals surface area contributed by atoms with E-state index in [4.69, 9.17) is 0 Å². The molecule has 0 saturated heterocycles. The predicted molar refractivity (Wildman–Crippen MR) is 85.4 cm³/mol. The van der Waals surface area contributed by atoms with Crippen LogP contribution >= 0.6 is 0 Å². The van der Waals surface area contributed by atoms with Crippen molar-refractivity contribution in [1.29, 1.82) is 0 Å². The molecule has 1 nitrogen and oxygen atoms in total. The van der Waals surface area contributed by atoms with Gasteiger partial charge in [0.1, 0.15) is 0 Å². The highest BCUT2D eigenvalue weighted by atomic mass is 28.3. The first-order valence-electron chi connectivity index (χ1n) is 7.34. The maximum absolute atomic E-state index is 10.4. The lowest BCUT2D eigenvalue weighted by molar-refractivity contribution is 0.0955. The molecule has 0 aliphatic heterocycles. The zero-order chi connectivity index (χ0) is 14.0. The van der Waals surface area contributed by atoms with Gasteiger partial charge in [-0.3, -0.25) is 0 Å². The molecule has 0 spiro atoms. The van der Waals surface area contributed by atoms with Gasteiger partial charge in [0.25, 0.3) is 0 Å². The fourth-order valence-electron chi connectivity index (χ4n) is 3.31. The average Bonchev–Trinajstić information content (AvgIpc) is 3.23. The van der Waals surface area contributed by atoms with Crippen LogP contribution in [0.2, 0.25) is 18.6 Å². The molecule has 0 amide bonds. The first kappa shape index (κ1) is 14.5. The molecule has 3 unspecified atom stereocenters. The summed E-state index contributed by atoms with van der Waals surface area (Å²) in [6.07, 6.45) is 4.33. The lowest BCUT2D eigenvalue weighted by Crippen LogP contribution is -2.49. The van der Waals surface area contributed by atoms with E-state index in [9.17, 15) is 5.11 Å². The van der Waals surface area contributed by atoms with E-state index < -0.39 is 8.07 Å². The molecule has 19 heavy (non-hydrogen) atoms. The van der Waals surface area contributed by atoms with E-state index in [0.717, 1.165) is 0 Å². The van der Waals surface area contributed by atoms with E-state index in [2.05, 4.69) is 63.0 Å². The van der Waals surface area contributed by atoms with Crippen LogP contribution in [0.25, 0.3) is 0 Å². The molecule has 1 fully saturated rings. The smallest absolute Gasteiger partial charge is 0.0877 e. The molecule has 1 aliphatic rings. The summed E-state index contributed by atoms with van der Waals surface area (Å²) in [5.74, 6) is 0.852. The van der Waals surface area contributed by atoms with Gasteiger partial charge in [-0.2, -0.15) is 0 Å². The van der Waals surface area contributed by atoms with Crippen molar-refractivity contribution >= 4 is 13.3 Å². The Balaban J connectivity index is 2.22. The van der Waals surface area contributed by atoms with Gasteiger partial charge in [-0.25, -0.2) is 0 Å². The molecule has 0 aromatic heterocycles. The van der Waals surface area contributed by atoms with Crippen LogP contribution in [-0.4, -0.2) is 19.3 Å². The Bertz CT molecular complexity index is 422. The third kappa shape index (κ3) is 3.01. The van der Waals surface area contributed by atoms with Crippen molar-refractivity contribution in [2.75, 3.05) is 0 Å². The summed E-state index contributed by atoms with van der Waals surface area (Å²) in [4.78, 5) is 0. The van der Waals surface area contributed by atoms with Crippen molar-refractivity contribution in [1.82, 2.24) is 0 Å². The van der Waals surface area contributed by atoms with Crippen molar-refractivity contribution in [2.45, 2.75) is 44.5 Å². The van der Waals surface area contributed by atoms with Crippen LogP contribution < -0.4 is 5.19 Å². The number of hydrogen-bond acceptors (Lipinski definition) is 1. The molecule has 1 aromatic rings. The molecule has 1 saturated carbocycles. The van der Waals surface area contributed by atoms with Crippen LogP contribution in [0.4, 0.5) is 0 Å². The number of rotatable bonds is 6. The number of aliphatic hydroxyl groups is 1. The maximum atomic E-state index is 10.4. The molecule has 1 N–H and O–H groups in total. The summed E-state index contributed by atoms with van der Waals surface area (Å²) in [6, 6.07) is 10.8. The highest BCUT2D eigenvalue weighted by molar-refractivity contribution is 6.91. The fourth-order valence-corrected chi connectivity index (χ4v) is 6.84. The van der Waals surface area contributed by atoms with Gasteiger partial charge in [0.2, 0.25) is 0 Å². The Labute approximate surface area is 118 Å². The van der Waals surface area contributed by atoms with Gasteiger partial charge < -0.3 is 5.11 Å². The maximum Gasteiger partial charge on any atom is 0.0877 e. The van der Waals surface area contributed by atoms with E-state index in [-0.39, 0.29) is 6.10 Å². The van der Waals surface area contributed by atoms with Crippen LogP contribution in [0.15, 0.2) is 43.0 Å². The third-order valence-electron chi connectivity index (χ3n) is 4.82. The number of hydrogen-bond donors (Lipinski definition) is 1. The van der Waals surface area contributed by atoms with E-state index >= 15 is 0 Å². The second-order valence-corrected chi connectivity index (χ2v) is 11.2. The zero-order valence-electron chi connectivity index (χ0n) is 12.3. The van der Waals surface area contributed by atoms with Crippen molar-refractivity contribution in [2.24, 2.45) is 11.8 Å². The third-order valence-corrected chi connectivity index (χ3v) is 9.06. The minimum atomic E-state index is -1.63. The second kappa shape index (κ2) is 5.64. The van der Waals surface area contributed by atoms with E-state index in [1.54, 1.807) is 0 Å². The molecule has 0 heterocycles. The van der Waals surface area contributed by atoms with Crippen molar-refractivity contribution in [3.8, 4) is 0 Å². The van der Waals surface area contributed by atoms with Crippen LogP contribution in [0.3, 0.4) is 0 Å². The van der Waals surface area contributed by atoms with Crippen LogP contribution in [0.1, 0.15) is 19.8 Å². The molecule has 1 aliphatic carbocycles. The van der Waals surface area contributed by atoms with Crippen molar-refractivity contribution in [3.05, 3.63) is 43.0 Å². The van der Waals surface area contributed by atoms with Crippen LogP contribution in [0, 0.1) is 11.8 Å². The molecular weight excluding hydrogens is 248 g/mol. The Hall–Kier alpha value is -0.863. The Morgan fingerprint density at radius 2 is 1.84 bits per heavy atom. The standard InChI is InChI=1S/C17H26OSi/c1-5-16(13(2)17(18)14-11-12-14)19(3,4)15-9-7-6-8-10-15/h5-10,13-14,16-18H,1,11-12H2,2-4H3. The first-order chi connectivity index (χ1) is 8.98. The molecular formula is C17H26OSi. The van der Waals surface area contributed by atoms with Gasteiger partial charge in [0.05, 0.1) is 14.2 Å². The van der Waals surface area contributed by atoms with Gasteiger partial charge in [-0.05, 0) is 30.2 Å². The summed E-state index contributed by atoms with van der Waals surface area (Å²) in [5, 5.41) is 11.9. The minimum absolute atomic E-state index is 0.154. The van der Waals surface area contributed by atoms with E-state index in [1.807, 2.05) is 0 Å². The Morgan fingerprint density at radius 3 is 2.32 bits per heavy atom. The summed E-state index contributed by atoms with van der Waals surface area (Å²) < 4.78 is 0. The van der Waals surface area contributed by atoms with Gasteiger partial charge in [-0.15, -0.1) is 6.58 Å². The van der Waals surface area contributed by atoms with Crippen molar-refractivity contribution < 1.29 is 5.11 Å². The average molecular weight is 274 g/mol. The summed E-state index contributed by atoms with van der Waals surface area (Å²) in [7, 11) is -1.63. The highest BCUT2D eigenvalue weighted by Gasteiger charge is 2.42. The van der Waals surface area contributed by atoms with Gasteiger partial charge in [-0.1, -0.05) is 61.6 Å². The zero-order valence-corrected chi connectivity index (χ0v) is 13.3. The summed E-state index contributed by atoms with van der Waals surface area (Å²) in [6.45, 7) is 11.0. The van der Waals surface area contributed by atoms with E-state index in [0.29, 0.717) is 17.4 Å². The number of allylic oxidation sites excluding steroid dienone is 1. The first-order valence-corrected chi connectivity index (χ1v) is 10.4.